The summed E-state index contributed by atoms with van der Waals surface area (Å²) in [5.74, 6) is -0.179. The van der Waals surface area contributed by atoms with Crippen molar-refractivity contribution in [3.63, 3.8) is 0 Å². The topological polar surface area (TPSA) is 46.4 Å². The molecule has 4 nitrogen and oxygen atoms in total. The quantitative estimate of drug-likeness (QED) is 0.679. The van der Waals surface area contributed by atoms with Crippen LogP contribution < -0.4 is 5.43 Å². The molecule has 0 spiro atoms. The van der Waals surface area contributed by atoms with E-state index in [2.05, 4.69) is 43.2 Å². The van der Waals surface area contributed by atoms with E-state index in [9.17, 15) is 4.79 Å². The molecule has 1 heterocycles. The first-order valence-corrected chi connectivity index (χ1v) is 7.03. The molecule has 104 valence electrons. The molecule has 0 aliphatic rings. The molecule has 1 aromatic carbocycles. The molecule has 1 amide bonds. The highest BCUT2D eigenvalue weighted by Gasteiger charge is 2.09. The zero-order valence-corrected chi connectivity index (χ0v) is 13.2. The first kappa shape index (κ1) is 14.5. The highest BCUT2D eigenvalue weighted by Crippen LogP contribution is 2.22. The molecule has 2 rings (SSSR count). The van der Waals surface area contributed by atoms with Gasteiger partial charge in [0.05, 0.1) is 6.21 Å². The van der Waals surface area contributed by atoms with Crippen molar-refractivity contribution in [2.45, 2.75) is 20.8 Å². The predicted octanol–water partition coefficient (Wildman–Crippen LogP) is 3.33. The second kappa shape index (κ2) is 6.05. The minimum Gasteiger partial charge on any atom is -0.318 e. The number of amides is 1. The molecule has 0 radical (unpaired) electrons. The van der Waals surface area contributed by atoms with Crippen molar-refractivity contribution in [3.8, 4) is 5.69 Å². The van der Waals surface area contributed by atoms with E-state index < -0.39 is 0 Å². The van der Waals surface area contributed by atoms with Gasteiger partial charge >= 0.3 is 0 Å². The Morgan fingerprint density at radius 3 is 2.75 bits per heavy atom. The van der Waals surface area contributed by atoms with Crippen LogP contribution >= 0.6 is 15.9 Å². The number of aromatic nitrogens is 1. The Hall–Kier alpha value is -1.88. The normalized spacial score (nSPS) is 11.0. The maximum atomic E-state index is 10.8. The van der Waals surface area contributed by atoms with Gasteiger partial charge in [-0.2, -0.15) is 5.10 Å². The molecule has 0 saturated heterocycles. The molecular weight excluding hydrogens is 318 g/mol. The van der Waals surface area contributed by atoms with Crippen LogP contribution in [0, 0.1) is 13.8 Å². The van der Waals surface area contributed by atoms with Gasteiger partial charge in [-0.3, -0.25) is 4.79 Å². The number of hydrazone groups is 1. The molecule has 0 bridgehead atoms. The fourth-order valence-electron chi connectivity index (χ4n) is 2.12. The third-order valence-corrected chi connectivity index (χ3v) is 3.46. The molecule has 0 aliphatic carbocycles. The van der Waals surface area contributed by atoms with Gasteiger partial charge in [-0.15, -0.1) is 0 Å². The second-order valence-corrected chi connectivity index (χ2v) is 5.48. The highest BCUT2D eigenvalue weighted by molar-refractivity contribution is 9.10. The van der Waals surface area contributed by atoms with Crippen molar-refractivity contribution in [1.82, 2.24) is 9.99 Å². The Balaban J connectivity index is 2.39. The van der Waals surface area contributed by atoms with Gasteiger partial charge in [0.2, 0.25) is 5.91 Å². The monoisotopic (exact) mass is 333 g/mol. The zero-order valence-electron chi connectivity index (χ0n) is 11.6. The molecule has 2 aromatic rings. The third-order valence-electron chi connectivity index (χ3n) is 2.96. The van der Waals surface area contributed by atoms with Gasteiger partial charge in [-0.25, -0.2) is 5.43 Å². The van der Waals surface area contributed by atoms with Crippen molar-refractivity contribution >= 4 is 28.1 Å². The molecule has 0 fully saturated rings. The Kier molecular flexibility index (Phi) is 4.39. The molecule has 0 saturated carbocycles. The Labute approximate surface area is 126 Å². The standard InChI is InChI=1S/C15H16BrN3O/c1-10-7-13(9-17-18-12(3)20)11(2)19(10)15-6-4-5-14(16)8-15/h4-9H,1-3H3,(H,18,20)/b17-9+. The van der Waals surface area contributed by atoms with Gasteiger partial charge in [0, 0.05) is 34.0 Å². The van der Waals surface area contributed by atoms with Crippen molar-refractivity contribution in [3.05, 3.63) is 51.8 Å². The SMILES string of the molecule is CC(=O)N/N=C/c1cc(C)n(-c2cccc(Br)c2)c1C. The molecule has 1 aromatic heterocycles. The fraction of sp³-hybridized carbons (Fsp3) is 0.200. The summed E-state index contributed by atoms with van der Waals surface area (Å²) in [5.41, 5.74) is 6.68. The van der Waals surface area contributed by atoms with E-state index in [0.29, 0.717) is 0 Å². The fourth-order valence-corrected chi connectivity index (χ4v) is 2.51. The van der Waals surface area contributed by atoms with E-state index in [-0.39, 0.29) is 5.91 Å². The summed E-state index contributed by atoms with van der Waals surface area (Å²) in [6.45, 7) is 5.51. The predicted molar refractivity (Wildman–Crippen MR) is 84.4 cm³/mol. The number of hydrogen-bond donors (Lipinski definition) is 1. The second-order valence-electron chi connectivity index (χ2n) is 4.57. The minimum atomic E-state index is -0.179. The summed E-state index contributed by atoms with van der Waals surface area (Å²) in [5, 5.41) is 3.92. The van der Waals surface area contributed by atoms with E-state index in [1.54, 1.807) is 6.21 Å². The zero-order chi connectivity index (χ0) is 14.7. The first-order valence-electron chi connectivity index (χ1n) is 6.23. The average Bonchev–Trinajstić information content (AvgIpc) is 2.64. The van der Waals surface area contributed by atoms with Crippen LogP contribution in [0.5, 0.6) is 0 Å². The van der Waals surface area contributed by atoms with E-state index >= 15 is 0 Å². The lowest BCUT2D eigenvalue weighted by Gasteiger charge is -2.09. The van der Waals surface area contributed by atoms with Gasteiger partial charge in [0.25, 0.3) is 0 Å². The molecule has 0 aliphatic heterocycles. The Morgan fingerprint density at radius 1 is 1.35 bits per heavy atom. The van der Waals surface area contributed by atoms with E-state index in [1.807, 2.05) is 32.0 Å². The average molecular weight is 334 g/mol. The van der Waals surface area contributed by atoms with Crippen molar-refractivity contribution in [2.24, 2.45) is 5.10 Å². The lowest BCUT2D eigenvalue weighted by molar-refractivity contribution is -0.118. The summed E-state index contributed by atoms with van der Waals surface area (Å²) in [7, 11) is 0. The van der Waals surface area contributed by atoms with Crippen LogP contribution in [-0.4, -0.2) is 16.7 Å². The molecule has 1 N–H and O–H groups in total. The number of aryl methyl sites for hydroxylation is 1. The summed E-state index contributed by atoms with van der Waals surface area (Å²) in [6, 6.07) is 10.2. The van der Waals surface area contributed by atoms with Gasteiger partial charge in [-0.05, 0) is 38.1 Å². The van der Waals surface area contributed by atoms with Gasteiger partial charge in [0.15, 0.2) is 0 Å². The minimum absolute atomic E-state index is 0.179. The van der Waals surface area contributed by atoms with Crippen LogP contribution in [0.15, 0.2) is 39.9 Å². The summed E-state index contributed by atoms with van der Waals surface area (Å²) in [4.78, 5) is 10.8. The smallest absolute Gasteiger partial charge is 0.236 e. The van der Waals surface area contributed by atoms with Crippen LogP contribution in [0.3, 0.4) is 0 Å². The lowest BCUT2D eigenvalue weighted by Crippen LogP contribution is -2.12. The van der Waals surface area contributed by atoms with E-state index in [1.165, 1.54) is 6.92 Å². The maximum absolute atomic E-state index is 10.8. The van der Waals surface area contributed by atoms with Crippen LogP contribution in [0.1, 0.15) is 23.9 Å². The van der Waals surface area contributed by atoms with Crippen molar-refractivity contribution < 1.29 is 4.79 Å². The van der Waals surface area contributed by atoms with Gasteiger partial charge in [-0.1, -0.05) is 22.0 Å². The maximum Gasteiger partial charge on any atom is 0.236 e. The highest BCUT2D eigenvalue weighted by atomic mass is 79.9. The summed E-state index contributed by atoms with van der Waals surface area (Å²) < 4.78 is 3.19. The number of carbonyl (C=O) groups is 1. The van der Waals surface area contributed by atoms with E-state index in [0.717, 1.165) is 27.1 Å². The first-order chi connectivity index (χ1) is 9.49. The number of rotatable bonds is 3. The molecular formula is C15H16BrN3O. The van der Waals surface area contributed by atoms with Crippen LogP contribution in [0.25, 0.3) is 5.69 Å². The van der Waals surface area contributed by atoms with Crippen LogP contribution in [-0.2, 0) is 4.79 Å². The van der Waals surface area contributed by atoms with Crippen molar-refractivity contribution in [2.75, 3.05) is 0 Å². The molecule has 0 unspecified atom stereocenters. The summed E-state index contributed by atoms with van der Waals surface area (Å²) in [6.07, 6.45) is 1.66. The Morgan fingerprint density at radius 2 is 2.10 bits per heavy atom. The number of nitrogens with one attached hydrogen (secondary N) is 1. The molecule has 0 atom stereocenters. The van der Waals surface area contributed by atoms with Gasteiger partial charge in [0.1, 0.15) is 0 Å². The number of nitrogens with zero attached hydrogens (tertiary/aromatic N) is 2. The summed E-state index contributed by atoms with van der Waals surface area (Å²) >= 11 is 3.49. The van der Waals surface area contributed by atoms with E-state index in [4.69, 9.17) is 0 Å². The number of benzene rings is 1. The van der Waals surface area contributed by atoms with Crippen molar-refractivity contribution in [1.29, 1.82) is 0 Å². The number of carbonyl (C=O) groups excluding carboxylic acids is 1. The Bertz CT molecular complexity index is 674. The largest absolute Gasteiger partial charge is 0.318 e. The van der Waals surface area contributed by atoms with Gasteiger partial charge < -0.3 is 4.57 Å². The molecule has 20 heavy (non-hydrogen) atoms. The number of hydrogen-bond acceptors (Lipinski definition) is 2. The van der Waals surface area contributed by atoms with Crippen LogP contribution in [0.2, 0.25) is 0 Å². The lowest BCUT2D eigenvalue weighted by atomic mass is 10.2. The molecule has 5 heteroatoms. The number of halogens is 1. The van der Waals surface area contributed by atoms with Crippen LogP contribution in [0.4, 0.5) is 0 Å². The third kappa shape index (κ3) is 3.17.